The van der Waals surface area contributed by atoms with Crippen molar-refractivity contribution in [3.05, 3.63) is 0 Å². The van der Waals surface area contributed by atoms with Crippen LogP contribution in [0, 0.1) is 5.92 Å². The number of rotatable bonds is 4. The van der Waals surface area contributed by atoms with Gasteiger partial charge in [0.05, 0.1) is 0 Å². The van der Waals surface area contributed by atoms with Gasteiger partial charge in [-0.1, -0.05) is 13.8 Å². The lowest BCUT2D eigenvalue weighted by atomic mass is 10.1. The highest BCUT2D eigenvalue weighted by atomic mass is 16.5. The van der Waals surface area contributed by atoms with Gasteiger partial charge >= 0.3 is 0 Å². The van der Waals surface area contributed by atoms with E-state index in [1.807, 2.05) is 0 Å². The van der Waals surface area contributed by atoms with Crippen molar-refractivity contribution in [2.45, 2.75) is 26.4 Å². The summed E-state index contributed by atoms with van der Waals surface area (Å²) in [5, 5.41) is 0. The topological polar surface area (TPSA) is 26.3 Å². The third kappa shape index (κ3) is 4.15. The van der Waals surface area contributed by atoms with Crippen molar-refractivity contribution in [3.63, 3.8) is 0 Å². The van der Waals surface area contributed by atoms with E-state index in [0.29, 0.717) is 5.92 Å². The van der Waals surface area contributed by atoms with Crippen molar-refractivity contribution < 1.29 is 9.53 Å². The van der Waals surface area contributed by atoms with Gasteiger partial charge in [0.15, 0.2) is 0 Å². The average molecular weight is 130 g/mol. The van der Waals surface area contributed by atoms with E-state index < -0.39 is 0 Å². The normalized spacial score (nSPS) is 13.8. The fraction of sp³-hybridized carbons (Fsp3) is 0.857. The van der Waals surface area contributed by atoms with Crippen LogP contribution in [0.3, 0.4) is 0 Å². The van der Waals surface area contributed by atoms with E-state index >= 15 is 0 Å². The minimum atomic E-state index is -0.204. The maximum atomic E-state index is 10.1. The van der Waals surface area contributed by atoms with Gasteiger partial charge in [-0.15, -0.1) is 0 Å². The molecule has 0 unspecified atom stereocenters. The second-order valence-corrected chi connectivity index (χ2v) is 2.54. The molecule has 0 aliphatic heterocycles. The molecule has 0 fully saturated rings. The maximum absolute atomic E-state index is 10.1. The van der Waals surface area contributed by atoms with Gasteiger partial charge in [0.2, 0.25) is 0 Å². The van der Waals surface area contributed by atoms with Crippen LogP contribution in [-0.4, -0.2) is 19.5 Å². The molecule has 0 aromatic carbocycles. The van der Waals surface area contributed by atoms with Crippen molar-refractivity contribution in [3.8, 4) is 0 Å². The minimum Gasteiger partial charge on any atom is -0.374 e. The van der Waals surface area contributed by atoms with Gasteiger partial charge in [-0.25, -0.2) is 0 Å². The van der Waals surface area contributed by atoms with Gasteiger partial charge in [-0.3, -0.25) is 0 Å². The fourth-order valence-electron chi connectivity index (χ4n) is 0.672. The fourth-order valence-corrected chi connectivity index (χ4v) is 0.672. The monoisotopic (exact) mass is 130 g/mol. The van der Waals surface area contributed by atoms with Gasteiger partial charge in [-0.2, -0.15) is 0 Å². The van der Waals surface area contributed by atoms with E-state index in [1.54, 1.807) is 7.11 Å². The number of methoxy groups -OCH3 is 1. The Morgan fingerprint density at radius 1 is 1.56 bits per heavy atom. The second-order valence-electron chi connectivity index (χ2n) is 2.54. The predicted octanol–water partition coefficient (Wildman–Crippen LogP) is 1.25. The van der Waals surface area contributed by atoms with Gasteiger partial charge in [-0.05, 0) is 12.3 Å². The smallest absolute Gasteiger partial charge is 0.148 e. The van der Waals surface area contributed by atoms with Crippen LogP contribution >= 0.6 is 0 Å². The second kappa shape index (κ2) is 4.50. The Hall–Kier alpha value is -0.370. The Kier molecular flexibility index (Phi) is 4.32. The molecule has 0 heterocycles. The number of aldehydes is 1. The van der Waals surface area contributed by atoms with Gasteiger partial charge in [0, 0.05) is 7.11 Å². The molecule has 0 saturated carbocycles. The lowest BCUT2D eigenvalue weighted by molar-refractivity contribution is -0.117. The summed E-state index contributed by atoms with van der Waals surface area (Å²) in [6.45, 7) is 4.13. The summed E-state index contributed by atoms with van der Waals surface area (Å²) in [6.07, 6.45) is 1.46. The summed E-state index contributed by atoms with van der Waals surface area (Å²) in [5.74, 6) is 0.528. The Balaban J connectivity index is 3.42. The van der Waals surface area contributed by atoms with Crippen molar-refractivity contribution in [1.29, 1.82) is 0 Å². The molecule has 0 aliphatic carbocycles. The number of hydrogen-bond acceptors (Lipinski definition) is 2. The van der Waals surface area contributed by atoms with Crippen LogP contribution in [0.15, 0.2) is 0 Å². The van der Waals surface area contributed by atoms with Crippen molar-refractivity contribution >= 4 is 6.29 Å². The lowest BCUT2D eigenvalue weighted by Gasteiger charge is -2.09. The third-order valence-electron chi connectivity index (χ3n) is 1.16. The first-order chi connectivity index (χ1) is 4.20. The first kappa shape index (κ1) is 8.63. The molecule has 0 saturated heterocycles. The summed E-state index contributed by atoms with van der Waals surface area (Å²) in [4.78, 5) is 10.1. The highest BCUT2D eigenvalue weighted by Crippen LogP contribution is 2.04. The summed E-state index contributed by atoms with van der Waals surface area (Å²) in [6, 6.07) is 0. The quantitative estimate of drug-likeness (QED) is 0.535. The maximum Gasteiger partial charge on any atom is 0.148 e. The van der Waals surface area contributed by atoms with Crippen LogP contribution in [0.1, 0.15) is 20.3 Å². The molecule has 0 spiro atoms. The first-order valence-corrected chi connectivity index (χ1v) is 3.18. The molecular formula is C7H14O2. The number of carbonyl (C=O) groups excluding carboxylic acids is 1. The largest absolute Gasteiger partial charge is 0.374 e. The molecule has 0 amide bonds. The van der Waals surface area contributed by atoms with Gasteiger partial charge in [0.1, 0.15) is 12.4 Å². The summed E-state index contributed by atoms with van der Waals surface area (Å²) >= 11 is 0. The zero-order valence-electron chi connectivity index (χ0n) is 6.26. The van der Waals surface area contributed by atoms with Crippen LogP contribution in [0.4, 0.5) is 0 Å². The molecule has 9 heavy (non-hydrogen) atoms. The Morgan fingerprint density at radius 2 is 2.11 bits per heavy atom. The molecular weight excluding hydrogens is 116 g/mol. The minimum absolute atomic E-state index is 0.204. The molecule has 1 atom stereocenters. The van der Waals surface area contributed by atoms with E-state index in [1.165, 1.54) is 0 Å². The van der Waals surface area contributed by atoms with Crippen molar-refractivity contribution in [1.82, 2.24) is 0 Å². The van der Waals surface area contributed by atoms with Crippen LogP contribution in [0.25, 0.3) is 0 Å². The molecule has 0 aliphatic rings. The van der Waals surface area contributed by atoms with E-state index in [9.17, 15) is 4.79 Å². The molecule has 54 valence electrons. The molecule has 2 nitrogen and oxygen atoms in total. The molecule has 0 aromatic rings. The van der Waals surface area contributed by atoms with E-state index in [4.69, 9.17) is 4.74 Å². The molecule has 0 radical (unpaired) electrons. The lowest BCUT2D eigenvalue weighted by Crippen LogP contribution is -2.14. The van der Waals surface area contributed by atoms with E-state index in [0.717, 1.165) is 12.7 Å². The number of carbonyl (C=O) groups is 1. The Morgan fingerprint density at radius 3 is 2.22 bits per heavy atom. The molecule has 0 aromatic heterocycles. The molecule has 0 rings (SSSR count). The van der Waals surface area contributed by atoms with E-state index in [-0.39, 0.29) is 6.10 Å². The molecule has 0 bridgehead atoms. The molecule has 2 heteroatoms. The number of hydrogen-bond donors (Lipinski definition) is 0. The standard InChI is InChI=1S/C7H14O2/c1-6(2)4-7(5-8)9-3/h5-7H,4H2,1-3H3/t7-/m1/s1. The van der Waals surface area contributed by atoms with Crippen molar-refractivity contribution in [2.24, 2.45) is 5.92 Å². The Labute approximate surface area is 56.2 Å². The SMILES string of the molecule is CO[C@@H](C=O)CC(C)C. The zero-order valence-corrected chi connectivity index (χ0v) is 6.26. The van der Waals surface area contributed by atoms with Crippen molar-refractivity contribution in [2.75, 3.05) is 7.11 Å². The number of ether oxygens (including phenoxy) is 1. The highest BCUT2D eigenvalue weighted by molar-refractivity contribution is 5.55. The van der Waals surface area contributed by atoms with Crippen LogP contribution in [-0.2, 0) is 9.53 Å². The zero-order chi connectivity index (χ0) is 7.28. The van der Waals surface area contributed by atoms with E-state index in [2.05, 4.69) is 13.8 Å². The van der Waals surface area contributed by atoms with Crippen LogP contribution in [0.2, 0.25) is 0 Å². The summed E-state index contributed by atoms with van der Waals surface area (Å²) in [5.41, 5.74) is 0. The van der Waals surface area contributed by atoms with Crippen LogP contribution < -0.4 is 0 Å². The van der Waals surface area contributed by atoms with Crippen LogP contribution in [0.5, 0.6) is 0 Å². The average Bonchev–Trinajstić information content (AvgIpc) is 1.82. The third-order valence-corrected chi connectivity index (χ3v) is 1.16. The summed E-state index contributed by atoms with van der Waals surface area (Å²) < 4.78 is 4.84. The molecule has 0 N–H and O–H groups in total. The summed E-state index contributed by atoms with van der Waals surface area (Å²) in [7, 11) is 1.56. The Bertz CT molecular complexity index is 79.0. The first-order valence-electron chi connectivity index (χ1n) is 3.18. The van der Waals surface area contributed by atoms with Gasteiger partial charge < -0.3 is 9.53 Å². The predicted molar refractivity (Wildman–Crippen MR) is 36.3 cm³/mol. The highest BCUT2D eigenvalue weighted by Gasteiger charge is 2.06. The van der Waals surface area contributed by atoms with Gasteiger partial charge in [0.25, 0.3) is 0 Å².